The molecule has 4 aromatic rings. The van der Waals surface area contributed by atoms with Crippen molar-refractivity contribution < 1.29 is 23.4 Å². The van der Waals surface area contributed by atoms with Crippen LogP contribution in [0.25, 0.3) is 10.9 Å². The Morgan fingerprint density at radius 2 is 1.74 bits per heavy atom. The van der Waals surface area contributed by atoms with E-state index in [1.165, 1.54) is 26.2 Å². The first kappa shape index (κ1) is 28.8. The van der Waals surface area contributed by atoms with Gasteiger partial charge in [-0.3, -0.25) is 0 Å². The topological polar surface area (TPSA) is 112 Å². The molecule has 0 amide bonds. The standard InChI is InChI=1S/C29H32ClN3O5S/c1-32(2)39(37,38)25-11-8-21(9-12-25)19-33-26-13-10-20(15-23(26)17-27(33)29(35)36)5-4-14-31-18-28(34)22-6-3-7-24(30)16-22/h3,6-13,15-17,28,31,34H,4-5,14,18-19H2,1-2H3,(H,35,36)/t28-/m0/s1. The minimum absolute atomic E-state index is 0.170. The SMILES string of the molecule is CN(C)S(=O)(=O)c1ccc(Cn2c(C(=O)O)cc3cc(CCCNC[C@H](O)c4cccc(Cl)c4)ccc32)cc1. The summed E-state index contributed by atoms with van der Waals surface area (Å²) in [6.07, 6.45) is 1.01. The first-order chi connectivity index (χ1) is 18.6. The summed E-state index contributed by atoms with van der Waals surface area (Å²) in [6.45, 7) is 1.44. The van der Waals surface area contributed by atoms with E-state index in [0.29, 0.717) is 18.1 Å². The van der Waals surface area contributed by atoms with Crippen molar-refractivity contribution in [3.8, 4) is 0 Å². The van der Waals surface area contributed by atoms with E-state index in [-0.39, 0.29) is 10.6 Å². The zero-order chi connectivity index (χ0) is 28.2. The maximum atomic E-state index is 12.3. The first-order valence-electron chi connectivity index (χ1n) is 12.6. The van der Waals surface area contributed by atoms with Gasteiger partial charge in [0.2, 0.25) is 10.0 Å². The molecule has 0 fully saturated rings. The number of carboxylic acid groups (broad SMARTS) is 1. The summed E-state index contributed by atoms with van der Waals surface area (Å²) >= 11 is 5.99. The van der Waals surface area contributed by atoms with E-state index < -0.39 is 22.1 Å². The molecule has 8 nitrogen and oxygen atoms in total. The fourth-order valence-electron chi connectivity index (χ4n) is 4.47. The van der Waals surface area contributed by atoms with Crippen LogP contribution in [0.15, 0.2) is 77.7 Å². The molecule has 206 valence electrons. The van der Waals surface area contributed by atoms with Gasteiger partial charge in [-0.2, -0.15) is 0 Å². The van der Waals surface area contributed by atoms with E-state index in [1.807, 2.05) is 30.3 Å². The average molecular weight is 570 g/mol. The highest BCUT2D eigenvalue weighted by atomic mass is 35.5. The molecule has 0 saturated carbocycles. The summed E-state index contributed by atoms with van der Waals surface area (Å²) in [5.74, 6) is -1.03. The molecule has 0 aliphatic carbocycles. The fourth-order valence-corrected chi connectivity index (χ4v) is 5.57. The number of hydrogen-bond donors (Lipinski definition) is 3. The van der Waals surface area contributed by atoms with Gasteiger partial charge in [-0.1, -0.05) is 41.9 Å². The number of hydrogen-bond acceptors (Lipinski definition) is 5. The molecule has 0 bridgehead atoms. The third-order valence-electron chi connectivity index (χ3n) is 6.62. The fraction of sp³-hybridized carbons (Fsp3) is 0.276. The molecule has 0 aliphatic heterocycles. The molecule has 1 aromatic heterocycles. The Morgan fingerprint density at radius 3 is 2.41 bits per heavy atom. The number of carbonyl (C=O) groups is 1. The van der Waals surface area contributed by atoms with Gasteiger partial charge in [0, 0.05) is 43.1 Å². The predicted molar refractivity (Wildman–Crippen MR) is 153 cm³/mol. The number of nitrogens with one attached hydrogen (secondary N) is 1. The number of nitrogens with zero attached hydrogens (tertiary/aromatic N) is 2. The zero-order valence-electron chi connectivity index (χ0n) is 21.8. The lowest BCUT2D eigenvalue weighted by Gasteiger charge is -2.13. The summed E-state index contributed by atoms with van der Waals surface area (Å²) in [5, 5.41) is 24.9. The van der Waals surface area contributed by atoms with Crippen LogP contribution < -0.4 is 5.32 Å². The molecule has 10 heteroatoms. The van der Waals surface area contributed by atoms with Gasteiger partial charge in [-0.05, 0) is 78.5 Å². The summed E-state index contributed by atoms with van der Waals surface area (Å²) < 4.78 is 27.6. The van der Waals surface area contributed by atoms with E-state index in [0.717, 1.165) is 51.3 Å². The second-order valence-electron chi connectivity index (χ2n) is 9.62. The van der Waals surface area contributed by atoms with Crippen molar-refractivity contribution in [2.75, 3.05) is 27.2 Å². The van der Waals surface area contributed by atoms with Gasteiger partial charge in [0.05, 0.1) is 11.0 Å². The number of carboxylic acids is 1. The van der Waals surface area contributed by atoms with E-state index >= 15 is 0 Å². The van der Waals surface area contributed by atoms with Gasteiger partial charge in [0.15, 0.2) is 0 Å². The highest BCUT2D eigenvalue weighted by Crippen LogP contribution is 2.24. The monoisotopic (exact) mass is 569 g/mol. The van der Waals surface area contributed by atoms with Crippen LogP contribution in [0.4, 0.5) is 0 Å². The van der Waals surface area contributed by atoms with Crippen LogP contribution in [-0.2, 0) is 23.0 Å². The number of aromatic carboxylic acids is 1. The Labute approximate surface area is 233 Å². The summed E-state index contributed by atoms with van der Waals surface area (Å²) in [5.41, 5.74) is 3.62. The summed E-state index contributed by atoms with van der Waals surface area (Å²) in [4.78, 5) is 12.2. The number of aromatic nitrogens is 1. The molecule has 3 N–H and O–H groups in total. The smallest absolute Gasteiger partial charge is 0.352 e. The van der Waals surface area contributed by atoms with Crippen LogP contribution in [0.2, 0.25) is 5.02 Å². The summed E-state index contributed by atoms with van der Waals surface area (Å²) in [6, 6.07) is 21.3. The molecule has 0 unspecified atom stereocenters. The lowest BCUT2D eigenvalue weighted by Crippen LogP contribution is -2.22. The Balaban J connectivity index is 1.41. The maximum Gasteiger partial charge on any atom is 0.352 e. The molecule has 4 rings (SSSR count). The van der Waals surface area contributed by atoms with Gasteiger partial charge < -0.3 is 20.1 Å². The second-order valence-corrected chi connectivity index (χ2v) is 12.2. The number of rotatable bonds is 12. The van der Waals surface area contributed by atoms with Crippen molar-refractivity contribution in [1.29, 1.82) is 0 Å². The van der Waals surface area contributed by atoms with Gasteiger partial charge in [0.25, 0.3) is 0 Å². The lowest BCUT2D eigenvalue weighted by atomic mass is 10.1. The van der Waals surface area contributed by atoms with Crippen molar-refractivity contribution in [3.05, 3.63) is 100 Å². The lowest BCUT2D eigenvalue weighted by molar-refractivity contribution is 0.0686. The number of fused-ring (bicyclic) bond motifs is 1. The first-order valence-corrected chi connectivity index (χ1v) is 14.4. The molecule has 0 saturated heterocycles. The minimum Gasteiger partial charge on any atom is -0.477 e. The number of sulfonamides is 1. The van der Waals surface area contributed by atoms with E-state index in [1.54, 1.807) is 34.9 Å². The van der Waals surface area contributed by atoms with Gasteiger partial charge in [-0.15, -0.1) is 0 Å². The number of halogens is 1. The number of aryl methyl sites for hydroxylation is 1. The molecule has 3 aromatic carbocycles. The van der Waals surface area contributed by atoms with Crippen LogP contribution in [0.5, 0.6) is 0 Å². The zero-order valence-corrected chi connectivity index (χ0v) is 23.4. The number of aliphatic hydroxyl groups is 1. The van der Waals surface area contributed by atoms with Crippen molar-refractivity contribution in [2.45, 2.75) is 30.4 Å². The maximum absolute atomic E-state index is 12.3. The Kier molecular flexibility index (Phi) is 9.09. The van der Waals surface area contributed by atoms with Crippen molar-refractivity contribution in [3.63, 3.8) is 0 Å². The number of aliphatic hydroxyl groups excluding tert-OH is 1. The molecule has 1 atom stereocenters. The predicted octanol–water partition coefficient (Wildman–Crippen LogP) is 4.55. The van der Waals surface area contributed by atoms with Crippen LogP contribution in [0.3, 0.4) is 0 Å². The summed E-state index contributed by atoms with van der Waals surface area (Å²) in [7, 11) is -0.580. The largest absolute Gasteiger partial charge is 0.477 e. The highest BCUT2D eigenvalue weighted by Gasteiger charge is 2.18. The van der Waals surface area contributed by atoms with Crippen LogP contribution in [0, 0.1) is 0 Å². The van der Waals surface area contributed by atoms with Crippen LogP contribution >= 0.6 is 11.6 Å². The molecule has 0 aliphatic rings. The van der Waals surface area contributed by atoms with Gasteiger partial charge >= 0.3 is 5.97 Å². The number of benzene rings is 3. The molecular formula is C29H32ClN3O5S. The Hall–Kier alpha value is -3.21. The Bertz CT molecular complexity index is 1570. The van der Waals surface area contributed by atoms with Gasteiger partial charge in [0.1, 0.15) is 5.69 Å². The third-order valence-corrected chi connectivity index (χ3v) is 8.68. The van der Waals surface area contributed by atoms with E-state index in [9.17, 15) is 23.4 Å². The molecule has 0 radical (unpaired) electrons. The molecule has 1 heterocycles. The van der Waals surface area contributed by atoms with Crippen LogP contribution in [0.1, 0.15) is 39.7 Å². The molecular weight excluding hydrogens is 538 g/mol. The van der Waals surface area contributed by atoms with E-state index in [2.05, 4.69) is 5.32 Å². The van der Waals surface area contributed by atoms with Crippen molar-refractivity contribution >= 4 is 38.5 Å². The quantitative estimate of drug-likeness (QED) is 0.216. The molecule has 39 heavy (non-hydrogen) atoms. The second kappa shape index (κ2) is 12.3. The van der Waals surface area contributed by atoms with Crippen LogP contribution in [-0.4, -0.2) is 60.7 Å². The highest BCUT2D eigenvalue weighted by molar-refractivity contribution is 7.89. The van der Waals surface area contributed by atoms with Gasteiger partial charge in [-0.25, -0.2) is 17.5 Å². The normalized spacial score (nSPS) is 12.7. The van der Waals surface area contributed by atoms with E-state index in [4.69, 9.17) is 11.6 Å². The third kappa shape index (κ3) is 6.87. The minimum atomic E-state index is -3.54. The average Bonchev–Trinajstić information content (AvgIpc) is 3.26. The molecule has 0 spiro atoms. The van der Waals surface area contributed by atoms with Crippen molar-refractivity contribution in [2.24, 2.45) is 0 Å². The van der Waals surface area contributed by atoms with Crippen molar-refractivity contribution in [1.82, 2.24) is 14.2 Å². The Morgan fingerprint density at radius 1 is 1.03 bits per heavy atom.